The lowest BCUT2D eigenvalue weighted by Crippen LogP contribution is -2.09. The summed E-state index contributed by atoms with van der Waals surface area (Å²) in [4.78, 5) is 19.7. The van der Waals surface area contributed by atoms with Crippen LogP contribution in [0.2, 0.25) is 0 Å². The minimum Gasteiger partial charge on any atom is -0.311 e. The highest BCUT2D eigenvalue weighted by Gasteiger charge is 2.19. The predicted molar refractivity (Wildman–Crippen MR) is 336 cm³/mol. The zero-order valence-electron chi connectivity index (χ0n) is 44.2. The molecule has 0 amide bonds. The van der Waals surface area contributed by atoms with Crippen molar-refractivity contribution in [3.8, 4) is 73.2 Å². The van der Waals surface area contributed by atoms with Crippen LogP contribution in [-0.2, 0) is 0 Å². The van der Waals surface area contributed by atoms with Gasteiger partial charge in [-0.2, -0.15) is 0 Å². The SMILES string of the molecule is c1ccc(-c2nc(-c3ccccc3)nc(-c3cccc(-c4cccc(-n5c6ccc(-c7ccc(N(c8ccccc8)c8ccccc8)cc7)cc6c6cc(-c7ccc(N(c8ccccc8)c8ccccc8)cc7)ccc65)c4)c3)n2)cc1. The third kappa shape index (κ3) is 9.68. The molecule has 14 aromatic rings. The fourth-order valence-corrected chi connectivity index (χ4v) is 11.1. The number of rotatable bonds is 13. The van der Waals surface area contributed by atoms with Crippen LogP contribution in [0, 0.1) is 0 Å². The van der Waals surface area contributed by atoms with E-state index in [1.165, 1.54) is 10.8 Å². The van der Waals surface area contributed by atoms with Gasteiger partial charge in [0.25, 0.3) is 0 Å². The smallest absolute Gasteiger partial charge is 0.164 e. The van der Waals surface area contributed by atoms with E-state index in [4.69, 9.17) is 15.0 Å². The highest BCUT2D eigenvalue weighted by atomic mass is 15.1. The molecule has 6 nitrogen and oxygen atoms in total. The average Bonchev–Trinajstić information content (AvgIpc) is 3.96. The maximum Gasteiger partial charge on any atom is 0.164 e. The van der Waals surface area contributed by atoms with Crippen LogP contribution < -0.4 is 9.80 Å². The Bertz CT molecular complexity index is 4150. The largest absolute Gasteiger partial charge is 0.311 e. The molecule has 0 aliphatic heterocycles. The van der Waals surface area contributed by atoms with E-state index in [-0.39, 0.29) is 0 Å². The minimum atomic E-state index is 0.619. The first kappa shape index (κ1) is 48.4. The van der Waals surface area contributed by atoms with E-state index in [1.54, 1.807) is 0 Å². The number of hydrogen-bond acceptors (Lipinski definition) is 5. The summed E-state index contributed by atoms with van der Waals surface area (Å²) in [6.07, 6.45) is 0. The Labute approximate surface area is 471 Å². The van der Waals surface area contributed by atoms with Crippen LogP contribution in [0.5, 0.6) is 0 Å². The van der Waals surface area contributed by atoms with Crippen LogP contribution in [0.25, 0.3) is 95.0 Å². The van der Waals surface area contributed by atoms with E-state index in [1.807, 2.05) is 60.7 Å². The van der Waals surface area contributed by atoms with Crippen molar-refractivity contribution in [2.75, 3.05) is 9.80 Å². The Kier molecular flexibility index (Phi) is 12.8. The summed E-state index contributed by atoms with van der Waals surface area (Å²) >= 11 is 0. The van der Waals surface area contributed by atoms with Gasteiger partial charge in [0.05, 0.1) is 11.0 Å². The first-order chi connectivity index (χ1) is 40.1. The van der Waals surface area contributed by atoms with Crippen LogP contribution in [0.4, 0.5) is 34.1 Å². The fraction of sp³-hybridized carbons (Fsp3) is 0. The summed E-state index contributed by atoms with van der Waals surface area (Å²) in [5.74, 6) is 1.89. The topological polar surface area (TPSA) is 50.1 Å². The number of fused-ring (bicyclic) bond motifs is 3. The molecular weight excluding hydrogens is 985 g/mol. The van der Waals surface area contributed by atoms with Gasteiger partial charge in [-0.05, 0) is 149 Å². The third-order valence-electron chi connectivity index (χ3n) is 15.0. The Morgan fingerprint density at radius 2 is 0.506 bits per heavy atom. The Morgan fingerprint density at radius 1 is 0.210 bits per heavy atom. The van der Waals surface area contributed by atoms with Gasteiger partial charge >= 0.3 is 0 Å². The van der Waals surface area contributed by atoms with Gasteiger partial charge in [0.15, 0.2) is 17.5 Å². The molecule has 2 heterocycles. The van der Waals surface area contributed by atoms with Crippen molar-refractivity contribution >= 4 is 55.9 Å². The van der Waals surface area contributed by atoms with E-state index in [2.05, 4.69) is 269 Å². The maximum atomic E-state index is 5.06. The number of anilines is 6. The maximum absolute atomic E-state index is 5.06. The molecule has 2 aromatic heterocycles. The second-order valence-corrected chi connectivity index (χ2v) is 20.1. The Morgan fingerprint density at radius 3 is 0.914 bits per heavy atom. The molecule has 14 rings (SSSR count). The molecule has 12 aromatic carbocycles. The lowest BCUT2D eigenvalue weighted by atomic mass is 9.99. The number of nitrogens with zero attached hydrogens (tertiary/aromatic N) is 6. The van der Waals surface area contributed by atoms with Gasteiger partial charge in [0.2, 0.25) is 0 Å². The lowest BCUT2D eigenvalue weighted by molar-refractivity contribution is 1.07. The second kappa shape index (κ2) is 21.5. The molecule has 0 bridgehead atoms. The van der Waals surface area contributed by atoms with Gasteiger partial charge in [0, 0.05) is 67.3 Å². The quantitative estimate of drug-likeness (QED) is 0.115. The van der Waals surface area contributed by atoms with E-state index in [0.717, 1.165) is 101 Å². The first-order valence-corrected chi connectivity index (χ1v) is 27.3. The molecule has 0 aliphatic carbocycles. The van der Waals surface area contributed by atoms with Crippen LogP contribution in [0.3, 0.4) is 0 Å². The van der Waals surface area contributed by atoms with E-state index >= 15 is 0 Å². The van der Waals surface area contributed by atoms with Gasteiger partial charge in [-0.15, -0.1) is 0 Å². The van der Waals surface area contributed by atoms with Crippen LogP contribution in [0.1, 0.15) is 0 Å². The molecular formula is C75H52N6. The number of benzene rings is 12. The first-order valence-electron chi connectivity index (χ1n) is 27.3. The summed E-state index contributed by atoms with van der Waals surface area (Å²) in [6.45, 7) is 0. The highest BCUT2D eigenvalue weighted by molar-refractivity contribution is 6.12. The van der Waals surface area contributed by atoms with Gasteiger partial charge in [-0.1, -0.05) is 200 Å². The molecule has 6 heteroatoms. The summed E-state index contributed by atoms with van der Waals surface area (Å²) in [6, 6.07) is 112. The van der Waals surface area contributed by atoms with Gasteiger partial charge < -0.3 is 14.4 Å². The third-order valence-corrected chi connectivity index (χ3v) is 15.0. The Balaban J connectivity index is 0.869. The van der Waals surface area contributed by atoms with Crippen molar-refractivity contribution in [3.63, 3.8) is 0 Å². The molecule has 0 saturated heterocycles. The van der Waals surface area contributed by atoms with Crippen molar-refractivity contribution in [2.45, 2.75) is 0 Å². The zero-order chi connectivity index (χ0) is 53.9. The molecule has 0 fully saturated rings. The summed E-state index contributed by atoms with van der Waals surface area (Å²) in [5, 5.41) is 2.34. The molecule has 0 unspecified atom stereocenters. The molecule has 0 atom stereocenters. The summed E-state index contributed by atoms with van der Waals surface area (Å²) < 4.78 is 2.41. The highest BCUT2D eigenvalue weighted by Crippen LogP contribution is 2.41. The molecule has 0 spiro atoms. The molecule has 0 N–H and O–H groups in total. The van der Waals surface area contributed by atoms with Gasteiger partial charge in [-0.3, -0.25) is 0 Å². The summed E-state index contributed by atoms with van der Waals surface area (Å²) in [5.41, 5.74) is 19.4. The van der Waals surface area contributed by atoms with Gasteiger partial charge in [-0.25, -0.2) is 15.0 Å². The van der Waals surface area contributed by atoms with E-state index in [9.17, 15) is 0 Å². The lowest BCUT2D eigenvalue weighted by Gasteiger charge is -2.25. The molecule has 382 valence electrons. The van der Waals surface area contributed by atoms with Crippen LogP contribution in [-0.4, -0.2) is 19.5 Å². The second-order valence-electron chi connectivity index (χ2n) is 20.1. The number of para-hydroxylation sites is 4. The fourth-order valence-electron chi connectivity index (χ4n) is 11.1. The molecule has 0 saturated carbocycles. The molecule has 0 aliphatic rings. The number of aromatic nitrogens is 4. The minimum absolute atomic E-state index is 0.619. The van der Waals surface area contributed by atoms with Crippen molar-refractivity contribution in [1.82, 2.24) is 19.5 Å². The van der Waals surface area contributed by atoms with E-state index in [0.29, 0.717) is 17.5 Å². The Hall–Kier alpha value is -11.0. The van der Waals surface area contributed by atoms with Crippen LogP contribution in [0.15, 0.2) is 315 Å². The van der Waals surface area contributed by atoms with Crippen LogP contribution >= 0.6 is 0 Å². The standard InChI is InChI=1S/C75H52N6/c1-7-21-55(22-8-1)73-76-74(56-23-9-2-10-24-56)78-75(77-73)61-27-19-25-57(49-61)58-26-20-36-68(50-58)81-71-47-41-59(53-37-43-66(44-38-53)79(62-28-11-3-12-29-62)63-30-13-4-14-31-63)51-69(71)70-52-60(42-48-72(70)81)54-39-45-67(46-40-54)80(64-32-15-5-16-33-64)65-34-17-6-18-35-65/h1-52H. The van der Waals surface area contributed by atoms with E-state index < -0.39 is 0 Å². The van der Waals surface area contributed by atoms with Crippen molar-refractivity contribution in [3.05, 3.63) is 315 Å². The van der Waals surface area contributed by atoms with Crippen molar-refractivity contribution < 1.29 is 0 Å². The monoisotopic (exact) mass is 1040 g/mol. The zero-order valence-corrected chi connectivity index (χ0v) is 44.2. The number of hydrogen-bond donors (Lipinski definition) is 0. The normalized spacial score (nSPS) is 11.2. The van der Waals surface area contributed by atoms with Gasteiger partial charge in [0.1, 0.15) is 0 Å². The molecule has 0 radical (unpaired) electrons. The van der Waals surface area contributed by atoms with Crippen molar-refractivity contribution in [2.24, 2.45) is 0 Å². The summed E-state index contributed by atoms with van der Waals surface area (Å²) in [7, 11) is 0. The average molecular weight is 1040 g/mol. The predicted octanol–water partition coefficient (Wildman–Crippen LogP) is 19.9. The molecule has 81 heavy (non-hydrogen) atoms. The van der Waals surface area contributed by atoms with Crippen molar-refractivity contribution in [1.29, 1.82) is 0 Å².